The molecule has 0 radical (unpaired) electrons. The van der Waals surface area contributed by atoms with Crippen molar-refractivity contribution in [1.29, 1.82) is 0 Å². The molecule has 0 aliphatic carbocycles. The fourth-order valence-electron chi connectivity index (χ4n) is 1.68. The highest BCUT2D eigenvalue weighted by Gasteiger charge is 2.20. The summed E-state index contributed by atoms with van der Waals surface area (Å²) in [6.07, 6.45) is 0. The zero-order valence-corrected chi connectivity index (χ0v) is 13.3. The van der Waals surface area contributed by atoms with Gasteiger partial charge in [0.15, 0.2) is 0 Å². The van der Waals surface area contributed by atoms with E-state index in [2.05, 4.69) is 0 Å². The van der Waals surface area contributed by atoms with Gasteiger partial charge >= 0.3 is 0 Å². The molecule has 19 heavy (non-hydrogen) atoms. The van der Waals surface area contributed by atoms with Crippen molar-refractivity contribution in [3.05, 3.63) is 22.2 Å². The maximum Gasteiger partial charge on any atom is 0.221 e. The van der Waals surface area contributed by atoms with E-state index in [4.69, 9.17) is 21.1 Å². The zero-order valence-electron chi connectivity index (χ0n) is 11.7. The molecule has 0 amide bonds. The van der Waals surface area contributed by atoms with Crippen LogP contribution in [0.5, 0.6) is 11.5 Å². The third-order valence-electron chi connectivity index (χ3n) is 2.51. The Morgan fingerprint density at radius 3 is 2.42 bits per heavy atom. The Morgan fingerprint density at radius 1 is 1.26 bits per heavy atom. The van der Waals surface area contributed by atoms with Gasteiger partial charge in [-0.15, -0.1) is 0 Å². The molecule has 0 spiro atoms. The van der Waals surface area contributed by atoms with Gasteiger partial charge in [-0.25, -0.2) is 0 Å². The van der Waals surface area contributed by atoms with Gasteiger partial charge in [-0.2, -0.15) is 0 Å². The number of carbonyl (C=O) groups excluding carboxylic acids is 1. The van der Waals surface area contributed by atoms with E-state index in [1.807, 2.05) is 27.7 Å². The summed E-state index contributed by atoms with van der Waals surface area (Å²) in [5.41, 5.74) is 1.28. The number of carbonyl (C=O) groups is 1. The molecule has 0 heterocycles. The van der Waals surface area contributed by atoms with Crippen LogP contribution in [-0.2, 0) is 0 Å². The predicted octanol–water partition coefficient (Wildman–Crippen LogP) is 4.34. The highest BCUT2D eigenvalue weighted by molar-refractivity contribution is 8.14. The first kappa shape index (κ1) is 16.2. The maximum absolute atomic E-state index is 12.1. The van der Waals surface area contributed by atoms with Crippen LogP contribution in [-0.4, -0.2) is 24.1 Å². The Kier molecular flexibility index (Phi) is 6.52. The summed E-state index contributed by atoms with van der Waals surface area (Å²) in [5, 5.41) is 0.308. The first-order chi connectivity index (χ1) is 9.06. The third kappa shape index (κ3) is 3.80. The summed E-state index contributed by atoms with van der Waals surface area (Å²) >= 11 is 7.50. The van der Waals surface area contributed by atoms with Gasteiger partial charge in [0, 0.05) is 5.56 Å². The molecule has 0 unspecified atom stereocenters. The highest BCUT2D eigenvalue weighted by atomic mass is 35.5. The molecule has 1 aromatic rings. The van der Waals surface area contributed by atoms with E-state index in [1.54, 1.807) is 6.07 Å². The topological polar surface area (TPSA) is 35.5 Å². The predicted molar refractivity (Wildman–Crippen MR) is 81.0 cm³/mol. The molecule has 3 nitrogen and oxygen atoms in total. The Labute approximate surface area is 123 Å². The molecule has 0 aliphatic heterocycles. The van der Waals surface area contributed by atoms with E-state index < -0.39 is 0 Å². The molecule has 1 aromatic carbocycles. The van der Waals surface area contributed by atoms with E-state index in [1.165, 1.54) is 11.8 Å². The van der Waals surface area contributed by atoms with E-state index in [0.29, 0.717) is 41.1 Å². The van der Waals surface area contributed by atoms with Crippen LogP contribution < -0.4 is 9.47 Å². The number of halogens is 1. The summed E-state index contributed by atoms with van der Waals surface area (Å²) < 4.78 is 11.1. The maximum atomic E-state index is 12.1. The van der Waals surface area contributed by atoms with Gasteiger partial charge in [-0.1, -0.05) is 30.3 Å². The Bertz CT molecular complexity index is 460. The summed E-state index contributed by atoms with van der Waals surface area (Å²) in [6, 6.07) is 1.70. The highest BCUT2D eigenvalue weighted by Crippen LogP contribution is 2.39. The minimum atomic E-state index is -0.0607. The van der Waals surface area contributed by atoms with Gasteiger partial charge in [0.05, 0.1) is 23.8 Å². The van der Waals surface area contributed by atoms with Crippen molar-refractivity contribution in [2.75, 3.05) is 19.0 Å². The van der Waals surface area contributed by atoms with Crippen LogP contribution >= 0.6 is 23.4 Å². The number of hydrogen-bond donors (Lipinski definition) is 0. The van der Waals surface area contributed by atoms with Crippen LogP contribution in [0.4, 0.5) is 0 Å². The third-order valence-corrected chi connectivity index (χ3v) is 3.65. The second kappa shape index (κ2) is 7.65. The van der Waals surface area contributed by atoms with Crippen LogP contribution in [0.3, 0.4) is 0 Å². The molecular formula is C14H19ClO3S. The van der Waals surface area contributed by atoms with E-state index in [-0.39, 0.29) is 5.12 Å². The lowest BCUT2D eigenvalue weighted by atomic mass is 10.1. The number of thioether (sulfide) groups is 1. The van der Waals surface area contributed by atoms with Gasteiger partial charge in [0.25, 0.3) is 0 Å². The summed E-state index contributed by atoms with van der Waals surface area (Å²) in [4.78, 5) is 12.1. The van der Waals surface area contributed by atoms with Crippen molar-refractivity contribution in [2.45, 2.75) is 27.7 Å². The monoisotopic (exact) mass is 302 g/mol. The van der Waals surface area contributed by atoms with E-state index in [9.17, 15) is 4.79 Å². The number of benzene rings is 1. The Balaban J connectivity index is 3.33. The molecule has 0 bridgehead atoms. The number of ether oxygens (including phenoxy) is 2. The molecular weight excluding hydrogens is 284 g/mol. The van der Waals surface area contributed by atoms with Crippen LogP contribution in [0, 0.1) is 6.92 Å². The van der Waals surface area contributed by atoms with Crippen molar-refractivity contribution in [3.8, 4) is 11.5 Å². The molecule has 0 aliphatic rings. The van der Waals surface area contributed by atoms with Gasteiger partial charge in [0.2, 0.25) is 5.12 Å². The molecule has 0 aromatic heterocycles. The average Bonchev–Trinajstić information content (AvgIpc) is 2.38. The summed E-state index contributed by atoms with van der Waals surface area (Å²) in [6.45, 7) is 8.61. The van der Waals surface area contributed by atoms with E-state index in [0.717, 1.165) is 5.56 Å². The van der Waals surface area contributed by atoms with E-state index >= 15 is 0 Å². The van der Waals surface area contributed by atoms with Crippen molar-refractivity contribution >= 4 is 28.5 Å². The van der Waals surface area contributed by atoms with Crippen molar-refractivity contribution in [3.63, 3.8) is 0 Å². The van der Waals surface area contributed by atoms with Gasteiger partial charge in [0.1, 0.15) is 11.5 Å². The molecule has 0 fully saturated rings. The fraction of sp³-hybridized carbons (Fsp3) is 0.500. The SMILES string of the molecule is CCOc1cc(C(=O)SCC)c(Cl)c(OCC)c1C. The second-order valence-electron chi connectivity index (χ2n) is 3.78. The molecule has 0 saturated heterocycles. The minimum absolute atomic E-state index is 0.0607. The standard InChI is InChI=1S/C14H19ClO3S/c1-5-17-11-8-10(14(16)19-7-3)12(15)13(9(11)4)18-6-2/h8H,5-7H2,1-4H3. The molecule has 0 N–H and O–H groups in total. The first-order valence-corrected chi connectivity index (χ1v) is 7.68. The van der Waals surface area contributed by atoms with Crippen molar-refractivity contribution < 1.29 is 14.3 Å². The lowest BCUT2D eigenvalue weighted by Gasteiger charge is -2.16. The van der Waals surface area contributed by atoms with Gasteiger partial charge < -0.3 is 9.47 Å². The fourth-order valence-corrected chi connectivity index (χ4v) is 2.65. The second-order valence-corrected chi connectivity index (χ2v) is 5.39. The molecule has 5 heteroatoms. The molecule has 0 atom stereocenters. The van der Waals surface area contributed by atoms with Crippen molar-refractivity contribution in [2.24, 2.45) is 0 Å². The van der Waals surface area contributed by atoms with Gasteiger partial charge in [-0.3, -0.25) is 4.79 Å². The van der Waals surface area contributed by atoms with Crippen LogP contribution in [0.1, 0.15) is 36.7 Å². The number of hydrogen-bond acceptors (Lipinski definition) is 4. The quantitative estimate of drug-likeness (QED) is 0.783. The first-order valence-electron chi connectivity index (χ1n) is 6.32. The normalized spacial score (nSPS) is 10.4. The van der Waals surface area contributed by atoms with Gasteiger partial charge in [-0.05, 0) is 32.6 Å². The van der Waals surface area contributed by atoms with Crippen LogP contribution in [0.15, 0.2) is 6.07 Å². The lowest BCUT2D eigenvalue weighted by molar-refractivity contribution is 0.108. The Hall–Kier alpha value is -0.870. The minimum Gasteiger partial charge on any atom is -0.493 e. The smallest absolute Gasteiger partial charge is 0.221 e. The Morgan fingerprint density at radius 2 is 1.89 bits per heavy atom. The lowest BCUT2D eigenvalue weighted by Crippen LogP contribution is -2.04. The average molecular weight is 303 g/mol. The largest absolute Gasteiger partial charge is 0.493 e. The number of rotatable bonds is 6. The zero-order chi connectivity index (χ0) is 14.4. The van der Waals surface area contributed by atoms with Crippen LogP contribution in [0.2, 0.25) is 5.02 Å². The molecule has 0 saturated carbocycles. The molecule has 1 rings (SSSR count). The summed E-state index contributed by atoms with van der Waals surface area (Å²) in [7, 11) is 0. The summed E-state index contributed by atoms with van der Waals surface area (Å²) in [5.74, 6) is 1.89. The molecule has 106 valence electrons. The van der Waals surface area contributed by atoms with Crippen molar-refractivity contribution in [1.82, 2.24) is 0 Å². The van der Waals surface area contributed by atoms with Crippen LogP contribution in [0.25, 0.3) is 0 Å².